The summed E-state index contributed by atoms with van der Waals surface area (Å²) in [5.74, 6) is 0. The minimum atomic E-state index is -0.479. The molecule has 3 heteroatoms. The van der Waals surface area contributed by atoms with E-state index in [0.29, 0.717) is 0 Å². The van der Waals surface area contributed by atoms with E-state index in [-0.39, 0.29) is 0 Å². The van der Waals surface area contributed by atoms with Crippen molar-refractivity contribution in [3.05, 3.63) is 40.6 Å². The van der Waals surface area contributed by atoms with Gasteiger partial charge in [-0.05, 0) is 33.8 Å². The summed E-state index contributed by atoms with van der Waals surface area (Å²) in [5.41, 5.74) is 0.770. The maximum Gasteiger partial charge on any atom is 0.107 e. The van der Waals surface area contributed by atoms with Crippen LogP contribution in [0.15, 0.2) is 34.9 Å². The van der Waals surface area contributed by atoms with E-state index in [0.717, 1.165) is 33.9 Å². The van der Waals surface area contributed by atoms with Crippen LogP contribution in [0.2, 0.25) is 0 Å². The molecule has 1 aromatic carbocycles. The molecule has 0 aliphatic heterocycles. The van der Waals surface area contributed by atoms with E-state index in [9.17, 15) is 5.11 Å². The van der Waals surface area contributed by atoms with Gasteiger partial charge in [-0.25, -0.2) is 4.98 Å². The third kappa shape index (κ3) is 2.25. The van der Waals surface area contributed by atoms with Gasteiger partial charge in [0.15, 0.2) is 0 Å². The van der Waals surface area contributed by atoms with E-state index in [1.165, 1.54) is 0 Å². The van der Waals surface area contributed by atoms with Gasteiger partial charge >= 0.3 is 0 Å². The van der Waals surface area contributed by atoms with Crippen LogP contribution in [0.4, 0.5) is 0 Å². The standard InChI is InChI=1S/C13H14BrNO/c1-2-5-11(16)13-10-7-4-3-6-9(10)8-12(14)15-13/h3-4,6-8,11,16H,2,5H2,1H3. The first-order valence-electron chi connectivity index (χ1n) is 5.45. The molecule has 0 radical (unpaired) electrons. The smallest absolute Gasteiger partial charge is 0.107 e. The van der Waals surface area contributed by atoms with Gasteiger partial charge in [0.1, 0.15) is 4.60 Å². The fourth-order valence-corrected chi connectivity index (χ4v) is 2.29. The summed E-state index contributed by atoms with van der Waals surface area (Å²) in [5, 5.41) is 12.2. The van der Waals surface area contributed by atoms with Gasteiger partial charge in [-0.2, -0.15) is 0 Å². The summed E-state index contributed by atoms with van der Waals surface area (Å²) >= 11 is 3.38. The van der Waals surface area contributed by atoms with E-state index in [4.69, 9.17) is 0 Å². The Morgan fingerprint density at radius 3 is 2.88 bits per heavy atom. The van der Waals surface area contributed by atoms with Crippen LogP contribution in [-0.2, 0) is 0 Å². The number of hydrogen-bond donors (Lipinski definition) is 1. The van der Waals surface area contributed by atoms with Crippen molar-refractivity contribution in [1.82, 2.24) is 4.98 Å². The molecule has 1 aromatic heterocycles. The molecule has 0 amide bonds. The zero-order chi connectivity index (χ0) is 11.5. The van der Waals surface area contributed by atoms with Gasteiger partial charge in [0.25, 0.3) is 0 Å². The predicted octanol–water partition coefficient (Wildman–Crippen LogP) is 3.83. The largest absolute Gasteiger partial charge is 0.387 e. The Hall–Kier alpha value is -0.930. The molecule has 1 N–H and O–H groups in total. The van der Waals surface area contributed by atoms with Crippen molar-refractivity contribution in [2.24, 2.45) is 0 Å². The zero-order valence-electron chi connectivity index (χ0n) is 9.15. The molecule has 1 atom stereocenters. The molecule has 0 spiro atoms. The van der Waals surface area contributed by atoms with Crippen LogP contribution >= 0.6 is 15.9 Å². The van der Waals surface area contributed by atoms with Crippen molar-refractivity contribution in [2.75, 3.05) is 0 Å². The fraction of sp³-hybridized carbons (Fsp3) is 0.308. The molecule has 0 aliphatic carbocycles. The lowest BCUT2D eigenvalue weighted by Crippen LogP contribution is -2.01. The second-order valence-electron chi connectivity index (χ2n) is 3.86. The normalized spacial score (nSPS) is 12.9. The second kappa shape index (κ2) is 4.93. The van der Waals surface area contributed by atoms with Gasteiger partial charge in [0.05, 0.1) is 11.8 Å². The number of fused-ring (bicyclic) bond motifs is 1. The van der Waals surface area contributed by atoms with Crippen molar-refractivity contribution in [3.8, 4) is 0 Å². The fourth-order valence-electron chi connectivity index (χ4n) is 1.86. The van der Waals surface area contributed by atoms with E-state index in [1.54, 1.807) is 0 Å². The first-order chi connectivity index (χ1) is 7.72. The number of benzene rings is 1. The number of pyridine rings is 1. The quantitative estimate of drug-likeness (QED) is 0.867. The third-order valence-electron chi connectivity index (χ3n) is 2.62. The lowest BCUT2D eigenvalue weighted by Gasteiger charge is -2.12. The third-order valence-corrected chi connectivity index (χ3v) is 3.02. The number of nitrogens with zero attached hydrogens (tertiary/aromatic N) is 1. The van der Waals surface area contributed by atoms with Crippen molar-refractivity contribution >= 4 is 26.7 Å². The van der Waals surface area contributed by atoms with Crippen molar-refractivity contribution < 1.29 is 5.11 Å². The number of aromatic nitrogens is 1. The highest BCUT2D eigenvalue weighted by atomic mass is 79.9. The van der Waals surface area contributed by atoms with E-state index in [1.807, 2.05) is 30.3 Å². The number of aliphatic hydroxyl groups is 1. The molecule has 2 nitrogen and oxygen atoms in total. The zero-order valence-corrected chi connectivity index (χ0v) is 10.7. The number of rotatable bonds is 3. The van der Waals surface area contributed by atoms with Crippen LogP contribution in [0.5, 0.6) is 0 Å². The molecule has 84 valence electrons. The lowest BCUT2D eigenvalue weighted by molar-refractivity contribution is 0.163. The van der Waals surface area contributed by atoms with Gasteiger partial charge in [0, 0.05) is 5.39 Å². The lowest BCUT2D eigenvalue weighted by atomic mass is 10.0. The summed E-state index contributed by atoms with van der Waals surface area (Å²) in [7, 11) is 0. The maximum atomic E-state index is 10.1. The monoisotopic (exact) mass is 279 g/mol. The van der Waals surface area contributed by atoms with Crippen molar-refractivity contribution in [3.63, 3.8) is 0 Å². The SMILES string of the molecule is CCCC(O)c1nc(Br)cc2ccccc12. The van der Waals surface area contributed by atoms with Gasteiger partial charge in [0.2, 0.25) is 0 Å². The van der Waals surface area contributed by atoms with Crippen molar-refractivity contribution in [1.29, 1.82) is 0 Å². The Kier molecular flexibility index (Phi) is 3.56. The molecule has 0 aliphatic rings. The molecule has 1 heterocycles. The van der Waals surface area contributed by atoms with Crippen molar-refractivity contribution in [2.45, 2.75) is 25.9 Å². The van der Waals surface area contributed by atoms with Gasteiger partial charge in [-0.1, -0.05) is 37.6 Å². The second-order valence-corrected chi connectivity index (χ2v) is 4.67. The number of aliphatic hydroxyl groups excluding tert-OH is 1. The molecule has 1 unspecified atom stereocenters. The molecule has 16 heavy (non-hydrogen) atoms. The van der Waals surface area contributed by atoms with Crippen LogP contribution in [0.1, 0.15) is 31.6 Å². The molecule has 2 aromatic rings. The van der Waals surface area contributed by atoms with E-state index >= 15 is 0 Å². The molecular weight excluding hydrogens is 266 g/mol. The summed E-state index contributed by atoms with van der Waals surface area (Å²) in [6.07, 6.45) is 1.21. The highest BCUT2D eigenvalue weighted by molar-refractivity contribution is 9.10. The van der Waals surface area contributed by atoms with Crippen LogP contribution in [0, 0.1) is 0 Å². The van der Waals surface area contributed by atoms with Crippen LogP contribution < -0.4 is 0 Å². The summed E-state index contributed by atoms with van der Waals surface area (Å²) in [4.78, 5) is 4.39. The average Bonchev–Trinajstić information content (AvgIpc) is 2.28. The van der Waals surface area contributed by atoms with Crippen LogP contribution in [-0.4, -0.2) is 10.1 Å². The Morgan fingerprint density at radius 1 is 1.38 bits per heavy atom. The first kappa shape index (κ1) is 11.6. The first-order valence-corrected chi connectivity index (χ1v) is 6.25. The Bertz CT molecular complexity index is 498. The predicted molar refractivity (Wildman–Crippen MR) is 69.3 cm³/mol. The number of hydrogen-bond acceptors (Lipinski definition) is 2. The molecule has 0 saturated heterocycles. The molecule has 0 saturated carbocycles. The highest BCUT2D eigenvalue weighted by Gasteiger charge is 2.12. The summed E-state index contributed by atoms with van der Waals surface area (Å²) < 4.78 is 0.774. The highest BCUT2D eigenvalue weighted by Crippen LogP contribution is 2.27. The topological polar surface area (TPSA) is 33.1 Å². The van der Waals surface area contributed by atoms with E-state index in [2.05, 4.69) is 27.8 Å². The summed E-state index contributed by atoms with van der Waals surface area (Å²) in [6.45, 7) is 2.06. The van der Waals surface area contributed by atoms with E-state index < -0.39 is 6.10 Å². The average molecular weight is 280 g/mol. The Morgan fingerprint density at radius 2 is 2.12 bits per heavy atom. The molecule has 0 fully saturated rings. The Labute approximate surface area is 103 Å². The van der Waals surface area contributed by atoms with Gasteiger partial charge in [-0.3, -0.25) is 0 Å². The Balaban J connectivity index is 2.58. The maximum absolute atomic E-state index is 10.1. The molecule has 0 bridgehead atoms. The molecule has 2 rings (SSSR count). The molecular formula is C13H14BrNO. The van der Waals surface area contributed by atoms with Crippen LogP contribution in [0.3, 0.4) is 0 Å². The summed E-state index contributed by atoms with van der Waals surface area (Å²) in [6, 6.07) is 9.97. The number of halogens is 1. The minimum absolute atomic E-state index is 0.479. The van der Waals surface area contributed by atoms with Gasteiger partial charge in [-0.15, -0.1) is 0 Å². The van der Waals surface area contributed by atoms with Gasteiger partial charge < -0.3 is 5.11 Å². The minimum Gasteiger partial charge on any atom is -0.387 e. The van der Waals surface area contributed by atoms with Crippen LogP contribution in [0.25, 0.3) is 10.8 Å².